The Morgan fingerprint density at radius 3 is 2.52 bits per heavy atom. The smallest absolute Gasteiger partial charge is 0.325 e. The third kappa shape index (κ3) is 3.42. The van der Waals surface area contributed by atoms with Crippen LogP contribution in [-0.4, -0.2) is 38.2 Å². The molecule has 1 aromatic carbocycles. The number of nitrogens with one attached hydrogen (secondary N) is 1. The molecule has 0 atom stereocenters. The summed E-state index contributed by atoms with van der Waals surface area (Å²) in [5.41, 5.74) is -1.61. The normalized spacial score (nSPS) is 18.4. The van der Waals surface area contributed by atoms with Crippen molar-refractivity contribution >= 4 is 31.9 Å². The van der Waals surface area contributed by atoms with Gasteiger partial charge in [0.15, 0.2) is 0 Å². The lowest BCUT2D eigenvalue weighted by Crippen LogP contribution is -2.57. The topological polar surface area (TPSA) is 92.7 Å². The number of ether oxygens (including phenoxy) is 1. The van der Waals surface area contributed by atoms with Crippen LogP contribution in [0.15, 0.2) is 27.6 Å². The average Bonchev–Trinajstić information content (AvgIpc) is 2.38. The van der Waals surface area contributed by atoms with Gasteiger partial charge < -0.3 is 9.84 Å². The van der Waals surface area contributed by atoms with Gasteiger partial charge in [0.1, 0.15) is 11.4 Å². The molecular formula is C12H13BrFNO5S. The van der Waals surface area contributed by atoms with Crippen molar-refractivity contribution in [1.82, 2.24) is 4.72 Å². The summed E-state index contributed by atoms with van der Waals surface area (Å²) in [4.78, 5) is 11.3. The van der Waals surface area contributed by atoms with E-state index in [9.17, 15) is 22.7 Å². The Labute approximate surface area is 129 Å². The van der Waals surface area contributed by atoms with Crippen molar-refractivity contribution in [2.75, 3.05) is 13.2 Å². The van der Waals surface area contributed by atoms with Crippen LogP contribution in [0, 0.1) is 5.82 Å². The molecule has 0 unspecified atom stereocenters. The Bertz CT molecular complexity index is 658. The van der Waals surface area contributed by atoms with Crippen LogP contribution in [0.25, 0.3) is 0 Å². The summed E-state index contributed by atoms with van der Waals surface area (Å²) < 4.78 is 45.1. The van der Waals surface area contributed by atoms with Gasteiger partial charge in [-0.15, -0.1) is 0 Å². The van der Waals surface area contributed by atoms with Crippen LogP contribution in [0.4, 0.5) is 4.39 Å². The van der Waals surface area contributed by atoms with Crippen molar-refractivity contribution in [2.24, 2.45) is 0 Å². The maximum absolute atomic E-state index is 13.0. The van der Waals surface area contributed by atoms with Gasteiger partial charge in [-0.3, -0.25) is 4.79 Å². The van der Waals surface area contributed by atoms with Crippen LogP contribution in [0.5, 0.6) is 0 Å². The number of carbonyl (C=O) groups is 1. The summed E-state index contributed by atoms with van der Waals surface area (Å²) in [6.45, 7) is 0.304. The molecule has 0 aromatic heterocycles. The van der Waals surface area contributed by atoms with E-state index in [0.717, 1.165) is 18.2 Å². The van der Waals surface area contributed by atoms with E-state index in [-0.39, 0.29) is 35.4 Å². The summed E-state index contributed by atoms with van der Waals surface area (Å²) in [5.74, 6) is -1.85. The molecule has 0 radical (unpaired) electrons. The molecule has 0 saturated carbocycles. The first-order valence-electron chi connectivity index (χ1n) is 6.07. The zero-order chi connectivity index (χ0) is 15.7. The van der Waals surface area contributed by atoms with E-state index in [4.69, 9.17) is 4.74 Å². The Morgan fingerprint density at radius 2 is 2.00 bits per heavy atom. The molecule has 1 aliphatic rings. The van der Waals surface area contributed by atoms with E-state index < -0.39 is 27.3 Å². The number of hydrogen-bond acceptors (Lipinski definition) is 4. The number of rotatable bonds is 4. The highest BCUT2D eigenvalue weighted by Crippen LogP contribution is 2.27. The van der Waals surface area contributed by atoms with Crippen molar-refractivity contribution in [3.05, 3.63) is 28.5 Å². The van der Waals surface area contributed by atoms with Gasteiger partial charge in [0.25, 0.3) is 0 Å². The third-order valence-corrected chi connectivity index (χ3v) is 5.78. The van der Waals surface area contributed by atoms with Crippen molar-refractivity contribution in [2.45, 2.75) is 23.3 Å². The molecule has 0 bridgehead atoms. The zero-order valence-electron chi connectivity index (χ0n) is 10.8. The molecule has 1 saturated heterocycles. The first kappa shape index (κ1) is 16.3. The molecule has 1 aromatic rings. The summed E-state index contributed by atoms with van der Waals surface area (Å²) in [6, 6.07) is 3.08. The summed E-state index contributed by atoms with van der Waals surface area (Å²) in [7, 11) is -4.11. The minimum Gasteiger partial charge on any atom is -0.480 e. The number of sulfonamides is 1. The molecule has 6 nitrogen and oxygen atoms in total. The van der Waals surface area contributed by atoms with Crippen molar-refractivity contribution in [1.29, 1.82) is 0 Å². The third-order valence-electron chi connectivity index (χ3n) is 3.27. The largest absolute Gasteiger partial charge is 0.480 e. The second-order valence-electron chi connectivity index (χ2n) is 4.68. The SMILES string of the molecule is O=C(O)C1(NS(=O)(=O)c2ccc(F)cc2Br)CCOCC1. The molecule has 21 heavy (non-hydrogen) atoms. The Balaban J connectivity index is 2.37. The van der Waals surface area contributed by atoms with Crippen molar-refractivity contribution in [3.63, 3.8) is 0 Å². The molecule has 116 valence electrons. The van der Waals surface area contributed by atoms with E-state index in [1.807, 2.05) is 0 Å². The van der Waals surface area contributed by atoms with Crippen LogP contribution in [-0.2, 0) is 19.6 Å². The Morgan fingerprint density at radius 1 is 1.38 bits per heavy atom. The maximum Gasteiger partial charge on any atom is 0.325 e. The number of benzene rings is 1. The van der Waals surface area contributed by atoms with Gasteiger partial charge in [-0.1, -0.05) is 0 Å². The van der Waals surface area contributed by atoms with E-state index in [1.54, 1.807) is 0 Å². The number of hydrogen-bond donors (Lipinski definition) is 2. The van der Waals surface area contributed by atoms with Gasteiger partial charge in [0.05, 0.1) is 4.90 Å². The number of halogens is 2. The van der Waals surface area contributed by atoms with Crippen LogP contribution in [0.1, 0.15) is 12.8 Å². The molecule has 1 aliphatic heterocycles. The van der Waals surface area contributed by atoms with Crippen molar-refractivity contribution in [3.8, 4) is 0 Å². The summed E-state index contributed by atoms with van der Waals surface area (Å²) in [6.07, 6.45) is 0.0563. The average molecular weight is 382 g/mol. The molecule has 0 spiro atoms. The lowest BCUT2D eigenvalue weighted by Gasteiger charge is -2.33. The van der Waals surface area contributed by atoms with Gasteiger partial charge in [0.2, 0.25) is 10.0 Å². The van der Waals surface area contributed by atoms with E-state index >= 15 is 0 Å². The fourth-order valence-corrected chi connectivity index (χ4v) is 4.55. The van der Waals surface area contributed by atoms with Gasteiger partial charge in [-0.2, -0.15) is 4.72 Å². The van der Waals surface area contributed by atoms with E-state index in [2.05, 4.69) is 20.7 Å². The minimum atomic E-state index is -4.11. The highest BCUT2D eigenvalue weighted by molar-refractivity contribution is 9.10. The molecule has 1 fully saturated rings. The highest BCUT2D eigenvalue weighted by atomic mass is 79.9. The lowest BCUT2D eigenvalue weighted by atomic mass is 9.92. The standard InChI is InChI=1S/C12H13BrFNO5S/c13-9-7-8(14)1-2-10(9)21(18,19)15-12(11(16)17)3-5-20-6-4-12/h1-2,7,15H,3-6H2,(H,16,17). The van der Waals surface area contributed by atoms with Crippen LogP contribution >= 0.6 is 15.9 Å². The van der Waals surface area contributed by atoms with Gasteiger partial charge >= 0.3 is 5.97 Å². The minimum absolute atomic E-state index is 0.0282. The Kier molecular flexibility index (Phi) is 4.66. The molecule has 2 N–H and O–H groups in total. The van der Waals surface area contributed by atoms with E-state index in [1.165, 1.54) is 0 Å². The van der Waals surface area contributed by atoms with E-state index in [0.29, 0.717) is 0 Å². The molecule has 2 rings (SSSR count). The Hall–Kier alpha value is -1.03. The number of carboxylic acids is 1. The fraction of sp³-hybridized carbons (Fsp3) is 0.417. The molecule has 0 amide bonds. The molecule has 9 heteroatoms. The predicted octanol–water partition coefficient (Wildman–Crippen LogP) is 1.50. The zero-order valence-corrected chi connectivity index (χ0v) is 13.2. The predicted molar refractivity (Wildman–Crippen MR) is 74.8 cm³/mol. The fourth-order valence-electron chi connectivity index (χ4n) is 2.08. The van der Waals surface area contributed by atoms with Crippen LogP contribution < -0.4 is 4.72 Å². The molecular weight excluding hydrogens is 369 g/mol. The second-order valence-corrected chi connectivity index (χ2v) is 7.19. The van der Waals surface area contributed by atoms with Gasteiger partial charge in [0, 0.05) is 30.5 Å². The molecule has 1 heterocycles. The quantitative estimate of drug-likeness (QED) is 0.824. The van der Waals surface area contributed by atoms with Crippen molar-refractivity contribution < 1.29 is 27.4 Å². The number of carboxylic acid groups (broad SMARTS) is 1. The molecule has 0 aliphatic carbocycles. The second kappa shape index (κ2) is 5.99. The summed E-state index contributed by atoms with van der Waals surface area (Å²) >= 11 is 2.97. The maximum atomic E-state index is 13.0. The van der Waals surface area contributed by atoms with Crippen LogP contribution in [0.3, 0.4) is 0 Å². The lowest BCUT2D eigenvalue weighted by molar-refractivity contribution is -0.147. The van der Waals surface area contributed by atoms with Gasteiger partial charge in [-0.25, -0.2) is 12.8 Å². The first-order chi connectivity index (χ1) is 9.77. The number of aliphatic carboxylic acids is 1. The van der Waals surface area contributed by atoms with Crippen LogP contribution in [0.2, 0.25) is 0 Å². The van der Waals surface area contributed by atoms with Gasteiger partial charge in [-0.05, 0) is 34.1 Å². The highest BCUT2D eigenvalue weighted by Gasteiger charge is 2.44. The summed E-state index contributed by atoms with van der Waals surface area (Å²) in [5, 5.41) is 9.36. The monoisotopic (exact) mass is 381 g/mol. The first-order valence-corrected chi connectivity index (χ1v) is 8.35.